The third-order valence-corrected chi connectivity index (χ3v) is 7.84. The van der Waals surface area contributed by atoms with Gasteiger partial charge in [0.15, 0.2) is 0 Å². The van der Waals surface area contributed by atoms with Gasteiger partial charge in [0.1, 0.15) is 11.2 Å². The lowest BCUT2D eigenvalue weighted by atomic mass is 10.0. The van der Waals surface area contributed by atoms with Gasteiger partial charge in [-0.3, -0.25) is 9.69 Å². The van der Waals surface area contributed by atoms with Crippen molar-refractivity contribution in [2.45, 2.75) is 32.6 Å². The number of rotatable bonds is 4. The molecule has 0 radical (unpaired) electrons. The number of benzene rings is 2. The topological polar surface area (TPSA) is 49.3 Å². The van der Waals surface area contributed by atoms with Crippen molar-refractivity contribution in [3.05, 3.63) is 87.9 Å². The van der Waals surface area contributed by atoms with Crippen LogP contribution in [0.1, 0.15) is 45.0 Å². The summed E-state index contributed by atoms with van der Waals surface area (Å²) in [5.41, 5.74) is 5.65. The summed E-state index contributed by atoms with van der Waals surface area (Å²) in [6, 6.07) is 18.9. The average Bonchev–Trinajstić information content (AvgIpc) is 3.38. The Kier molecular flexibility index (Phi) is 4.77. The number of para-hydroxylation sites is 1. The van der Waals surface area contributed by atoms with Crippen molar-refractivity contribution in [2.24, 2.45) is 0 Å². The van der Waals surface area contributed by atoms with Crippen molar-refractivity contribution in [1.29, 1.82) is 0 Å². The highest BCUT2D eigenvalue weighted by atomic mass is 32.1. The largest absolute Gasteiger partial charge is 0.353 e. The summed E-state index contributed by atoms with van der Waals surface area (Å²) in [5, 5.41) is 9.09. The van der Waals surface area contributed by atoms with Crippen molar-refractivity contribution in [1.82, 2.24) is 14.8 Å². The summed E-state index contributed by atoms with van der Waals surface area (Å²) in [5.74, 6) is 0.0473. The molecule has 2 aromatic heterocycles. The molecule has 6 heteroatoms. The fourth-order valence-corrected chi connectivity index (χ4v) is 6.33. The van der Waals surface area contributed by atoms with Gasteiger partial charge in [-0.05, 0) is 30.2 Å². The molecule has 0 aliphatic carbocycles. The first-order valence-corrected chi connectivity index (χ1v) is 12.1. The molecular formula is C26H26N4OS. The van der Waals surface area contributed by atoms with Gasteiger partial charge in [0.05, 0.1) is 5.56 Å². The van der Waals surface area contributed by atoms with Crippen molar-refractivity contribution in [3.63, 3.8) is 0 Å². The van der Waals surface area contributed by atoms with E-state index in [-0.39, 0.29) is 12.1 Å². The number of aromatic nitrogens is 1. The second kappa shape index (κ2) is 7.80. The number of hydrogen-bond acceptors (Lipinski definition) is 4. The van der Waals surface area contributed by atoms with Crippen LogP contribution in [0.4, 0.5) is 5.00 Å². The highest BCUT2D eigenvalue weighted by molar-refractivity contribution is 7.16. The first-order valence-electron chi connectivity index (χ1n) is 11.3. The van der Waals surface area contributed by atoms with Gasteiger partial charge in [-0.15, -0.1) is 11.3 Å². The van der Waals surface area contributed by atoms with Crippen LogP contribution in [0, 0.1) is 0 Å². The molecule has 4 aromatic rings. The predicted octanol–water partition coefficient (Wildman–Crippen LogP) is 4.98. The van der Waals surface area contributed by atoms with Crippen LogP contribution in [0.3, 0.4) is 0 Å². The van der Waals surface area contributed by atoms with Crippen LogP contribution in [0.25, 0.3) is 10.9 Å². The normalized spacial score (nSPS) is 18.2. The molecule has 0 saturated carbocycles. The van der Waals surface area contributed by atoms with Crippen LogP contribution in [0.15, 0.2) is 60.8 Å². The van der Waals surface area contributed by atoms with E-state index in [1.807, 2.05) is 6.07 Å². The quantitative estimate of drug-likeness (QED) is 0.468. The number of carbonyl (C=O) groups is 1. The van der Waals surface area contributed by atoms with E-state index >= 15 is 0 Å². The standard InChI is InChI=1S/C26H26N4OS/c1-2-29-13-12-19-22(16-29)32-26-23(19)25(31)27-24(28-26)20-15-30(14-17-8-4-3-5-9-17)21-11-7-6-10-18(20)21/h3-11,15,24,28H,2,12-14,16H2,1H3,(H,27,31)/t24-/m0/s1. The number of thiophene rings is 1. The molecule has 2 aliphatic rings. The molecule has 4 heterocycles. The zero-order valence-corrected chi connectivity index (χ0v) is 18.9. The Morgan fingerprint density at radius 3 is 2.72 bits per heavy atom. The van der Waals surface area contributed by atoms with Crippen LogP contribution in [-0.4, -0.2) is 28.5 Å². The first kappa shape index (κ1) is 19.6. The molecule has 32 heavy (non-hydrogen) atoms. The number of anilines is 1. The van der Waals surface area contributed by atoms with Gasteiger partial charge in [0.2, 0.25) is 0 Å². The monoisotopic (exact) mass is 442 g/mol. The van der Waals surface area contributed by atoms with Gasteiger partial charge in [-0.2, -0.15) is 0 Å². The average molecular weight is 443 g/mol. The zero-order valence-electron chi connectivity index (χ0n) is 18.1. The van der Waals surface area contributed by atoms with E-state index in [4.69, 9.17) is 0 Å². The molecule has 2 aliphatic heterocycles. The van der Waals surface area contributed by atoms with Crippen LogP contribution < -0.4 is 10.6 Å². The lowest BCUT2D eigenvalue weighted by molar-refractivity contribution is 0.0935. The summed E-state index contributed by atoms with van der Waals surface area (Å²) < 4.78 is 2.28. The molecule has 0 fully saturated rings. The predicted molar refractivity (Wildman–Crippen MR) is 130 cm³/mol. The molecule has 0 unspecified atom stereocenters. The Balaban J connectivity index is 1.37. The number of nitrogens with one attached hydrogen (secondary N) is 2. The van der Waals surface area contributed by atoms with Crippen LogP contribution >= 0.6 is 11.3 Å². The number of hydrogen-bond donors (Lipinski definition) is 2. The zero-order chi connectivity index (χ0) is 21.7. The summed E-state index contributed by atoms with van der Waals surface area (Å²) in [6.45, 7) is 6.01. The second-order valence-corrected chi connectivity index (χ2v) is 9.70. The SMILES string of the molecule is CCN1CCc2c(sc3c2C(=O)N[C@H](c2cn(Cc4ccccc4)c4ccccc24)N3)C1. The second-order valence-electron chi connectivity index (χ2n) is 8.59. The van der Waals surface area contributed by atoms with E-state index in [2.05, 4.69) is 81.8 Å². The number of nitrogens with zero attached hydrogens (tertiary/aromatic N) is 2. The maximum atomic E-state index is 13.2. The highest BCUT2D eigenvalue weighted by Crippen LogP contribution is 2.41. The molecule has 0 saturated heterocycles. The maximum Gasteiger partial charge on any atom is 0.256 e. The number of amides is 1. The Morgan fingerprint density at radius 1 is 1.06 bits per heavy atom. The first-order chi connectivity index (χ1) is 15.7. The minimum Gasteiger partial charge on any atom is -0.353 e. The lowest BCUT2D eigenvalue weighted by Crippen LogP contribution is -2.38. The lowest BCUT2D eigenvalue weighted by Gasteiger charge is -2.27. The molecule has 1 atom stereocenters. The van der Waals surface area contributed by atoms with E-state index in [1.165, 1.54) is 26.9 Å². The molecule has 2 aromatic carbocycles. The Bertz CT molecular complexity index is 1310. The van der Waals surface area contributed by atoms with Crippen molar-refractivity contribution < 1.29 is 4.79 Å². The van der Waals surface area contributed by atoms with Crippen molar-refractivity contribution in [2.75, 3.05) is 18.4 Å². The summed E-state index contributed by atoms with van der Waals surface area (Å²) >= 11 is 1.75. The summed E-state index contributed by atoms with van der Waals surface area (Å²) in [7, 11) is 0. The third kappa shape index (κ3) is 3.22. The molecular weight excluding hydrogens is 416 g/mol. The van der Waals surface area contributed by atoms with Gasteiger partial charge in [0.25, 0.3) is 5.91 Å². The van der Waals surface area contributed by atoms with Gasteiger partial charge < -0.3 is 15.2 Å². The van der Waals surface area contributed by atoms with E-state index in [1.54, 1.807) is 11.3 Å². The smallest absolute Gasteiger partial charge is 0.256 e. The van der Waals surface area contributed by atoms with Crippen LogP contribution in [0.5, 0.6) is 0 Å². The third-order valence-electron chi connectivity index (χ3n) is 6.69. The Labute approximate surface area is 191 Å². The van der Waals surface area contributed by atoms with E-state index in [0.717, 1.165) is 48.7 Å². The van der Waals surface area contributed by atoms with E-state index in [0.29, 0.717) is 0 Å². The molecule has 2 N–H and O–H groups in total. The molecule has 0 bridgehead atoms. The molecule has 0 spiro atoms. The number of carbonyl (C=O) groups excluding carboxylic acids is 1. The molecule has 1 amide bonds. The fourth-order valence-electron chi connectivity index (χ4n) is 5.01. The van der Waals surface area contributed by atoms with Gasteiger partial charge in [-0.25, -0.2) is 0 Å². The van der Waals surface area contributed by atoms with Crippen LogP contribution in [-0.2, 0) is 19.5 Å². The fraction of sp³-hybridized carbons (Fsp3) is 0.269. The van der Waals surface area contributed by atoms with E-state index < -0.39 is 0 Å². The number of likely N-dealkylation sites (N-methyl/N-ethyl adjacent to an activating group) is 1. The Morgan fingerprint density at radius 2 is 1.88 bits per heavy atom. The molecule has 5 nitrogen and oxygen atoms in total. The van der Waals surface area contributed by atoms with E-state index in [9.17, 15) is 4.79 Å². The van der Waals surface area contributed by atoms with Crippen molar-refractivity contribution in [3.8, 4) is 0 Å². The molecule has 162 valence electrons. The Hall–Kier alpha value is -3.09. The maximum absolute atomic E-state index is 13.2. The van der Waals surface area contributed by atoms with Gasteiger partial charge in [-0.1, -0.05) is 55.5 Å². The summed E-state index contributed by atoms with van der Waals surface area (Å²) in [4.78, 5) is 17.0. The minimum atomic E-state index is -0.237. The highest BCUT2D eigenvalue weighted by Gasteiger charge is 2.34. The van der Waals surface area contributed by atoms with Gasteiger partial charge >= 0.3 is 0 Å². The van der Waals surface area contributed by atoms with Crippen molar-refractivity contribution >= 4 is 33.1 Å². The number of fused-ring (bicyclic) bond motifs is 4. The van der Waals surface area contributed by atoms with Gasteiger partial charge in [0, 0.05) is 47.2 Å². The summed E-state index contributed by atoms with van der Waals surface area (Å²) in [6.07, 6.45) is 2.90. The van der Waals surface area contributed by atoms with Crippen LogP contribution in [0.2, 0.25) is 0 Å². The minimum absolute atomic E-state index is 0.0473. The molecule has 6 rings (SSSR count).